The van der Waals surface area contributed by atoms with Crippen molar-refractivity contribution in [3.05, 3.63) is 16.1 Å². The molecule has 18 heavy (non-hydrogen) atoms. The van der Waals surface area contributed by atoms with Gasteiger partial charge in [0, 0.05) is 17.2 Å². The van der Waals surface area contributed by atoms with Crippen molar-refractivity contribution < 1.29 is 9.90 Å². The summed E-state index contributed by atoms with van der Waals surface area (Å²) < 4.78 is 0. The van der Waals surface area contributed by atoms with E-state index in [1.54, 1.807) is 11.3 Å². The maximum absolute atomic E-state index is 10.7. The zero-order chi connectivity index (χ0) is 13.1. The van der Waals surface area contributed by atoms with Crippen LogP contribution in [-0.2, 0) is 4.79 Å². The molecular formula is C13H20N2O2S. The van der Waals surface area contributed by atoms with E-state index in [0.29, 0.717) is 5.92 Å². The summed E-state index contributed by atoms with van der Waals surface area (Å²) in [4.78, 5) is 17.7. The van der Waals surface area contributed by atoms with E-state index in [2.05, 4.69) is 16.9 Å². The molecule has 1 unspecified atom stereocenters. The van der Waals surface area contributed by atoms with E-state index in [0.717, 1.165) is 31.6 Å². The summed E-state index contributed by atoms with van der Waals surface area (Å²) in [5.74, 6) is -0.174. The Hall–Kier alpha value is -0.940. The molecule has 1 aliphatic heterocycles. The molecule has 0 amide bonds. The van der Waals surface area contributed by atoms with E-state index in [1.165, 1.54) is 5.01 Å². The predicted molar refractivity (Wildman–Crippen MR) is 72.3 cm³/mol. The number of aliphatic carboxylic acids is 1. The molecular weight excluding hydrogens is 248 g/mol. The number of carboxylic acids is 1. The number of rotatable bonds is 4. The van der Waals surface area contributed by atoms with E-state index in [4.69, 9.17) is 5.11 Å². The minimum atomic E-state index is -0.753. The summed E-state index contributed by atoms with van der Waals surface area (Å²) in [5, 5.41) is 12.0. The molecule has 1 fully saturated rings. The van der Waals surface area contributed by atoms with Crippen molar-refractivity contribution in [3.8, 4) is 0 Å². The molecule has 2 heterocycles. The lowest BCUT2D eigenvalue weighted by Gasteiger charge is -2.27. The highest BCUT2D eigenvalue weighted by atomic mass is 32.1. The molecule has 100 valence electrons. The molecule has 1 aromatic heterocycles. The quantitative estimate of drug-likeness (QED) is 0.911. The second-order valence-corrected chi connectivity index (χ2v) is 6.08. The lowest BCUT2D eigenvalue weighted by atomic mass is 9.98. The Morgan fingerprint density at radius 2 is 2.28 bits per heavy atom. The minimum Gasteiger partial charge on any atom is -0.481 e. The Morgan fingerprint density at radius 1 is 1.61 bits per heavy atom. The third-order valence-electron chi connectivity index (χ3n) is 3.59. The number of hydrogen-bond donors (Lipinski definition) is 1. The summed E-state index contributed by atoms with van der Waals surface area (Å²) in [6.45, 7) is 4.19. The van der Waals surface area contributed by atoms with Crippen LogP contribution in [0.3, 0.4) is 0 Å². The standard InChI is InChI=1S/C13H20N2O2S/c1-9(7-12(16)17)11-8-18-13(14-11)10-3-5-15(2)6-4-10/h8-10H,3-7H2,1-2H3,(H,16,17). The average molecular weight is 268 g/mol. The van der Waals surface area contributed by atoms with Gasteiger partial charge in [0.05, 0.1) is 17.1 Å². The average Bonchev–Trinajstić information content (AvgIpc) is 2.78. The first-order valence-electron chi connectivity index (χ1n) is 6.42. The Balaban J connectivity index is 1.99. The van der Waals surface area contributed by atoms with Crippen LogP contribution in [-0.4, -0.2) is 41.1 Å². The van der Waals surface area contributed by atoms with E-state index < -0.39 is 5.97 Å². The van der Waals surface area contributed by atoms with Crippen LogP contribution in [0, 0.1) is 0 Å². The van der Waals surface area contributed by atoms with Gasteiger partial charge in [0.25, 0.3) is 0 Å². The summed E-state index contributed by atoms with van der Waals surface area (Å²) in [7, 11) is 2.15. The van der Waals surface area contributed by atoms with E-state index in [9.17, 15) is 4.79 Å². The van der Waals surface area contributed by atoms with Gasteiger partial charge in [0.1, 0.15) is 0 Å². The summed E-state index contributed by atoms with van der Waals surface area (Å²) in [6.07, 6.45) is 2.49. The summed E-state index contributed by atoms with van der Waals surface area (Å²) in [6, 6.07) is 0. The topological polar surface area (TPSA) is 53.4 Å². The van der Waals surface area contributed by atoms with Gasteiger partial charge in [-0.2, -0.15) is 0 Å². The Morgan fingerprint density at radius 3 is 2.89 bits per heavy atom. The van der Waals surface area contributed by atoms with Crippen molar-refractivity contribution >= 4 is 17.3 Å². The fourth-order valence-electron chi connectivity index (χ4n) is 2.34. The molecule has 5 heteroatoms. The van der Waals surface area contributed by atoms with Crippen LogP contribution in [0.1, 0.15) is 48.7 Å². The fraction of sp³-hybridized carbons (Fsp3) is 0.692. The number of carbonyl (C=O) groups is 1. The van der Waals surface area contributed by atoms with Crippen molar-refractivity contribution in [1.82, 2.24) is 9.88 Å². The van der Waals surface area contributed by atoms with Crippen LogP contribution in [0.5, 0.6) is 0 Å². The van der Waals surface area contributed by atoms with Gasteiger partial charge in [-0.1, -0.05) is 6.92 Å². The number of carboxylic acid groups (broad SMARTS) is 1. The van der Waals surface area contributed by atoms with Crippen LogP contribution >= 0.6 is 11.3 Å². The normalized spacial score (nSPS) is 19.9. The molecule has 0 radical (unpaired) electrons. The van der Waals surface area contributed by atoms with Gasteiger partial charge in [0.15, 0.2) is 0 Å². The first kappa shape index (κ1) is 13.5. The lowest BCUT2D eigenvalue weighted by molar-refractivity contribution is -0.137. The predicted octanol–water partition coefficient (Wildman–Crippen LogP) is 2.53. The van der Waals surface area contributed by atoms with Crippen LogP contribution in [0.15, 0.2) is 5.38 Å². The van der Waals surface area contributed by atoms with Crippen molar-refractivity contribution in [2.24, 2.45) is 0 Å². The van der Waals surface area contributed by atoms with Gasteiger partial charge < -0.3 is 10.0 Å². The minimum absolute atomic E-state index is 0.0127. The van der Waals surface area contributed by atoms with Crippen LogP contribution < -0.4 is 0 Å². The van der Waals surface area contributed by atoms with Gasteiger partial charge in [-0.25, -0.2) is 4.98 Å². The molecule has 0 bridgehead atoms. The monoisotopic (exact) mass is 268 g/mol. The Kier molecular flexibility index (Phi) is 4.35. The van der Waals surface area contributed by atoms with Gasteiger partial charge in [-0.3, -0.25) is 4.79 Å². The number of hydrogen-bond acceptors (Lipinski definition) is 4. The highest BCUT2D eigenvalue weighted by Crippen LogP contribution is 2.32. The van der Waals surface area contributed by atoms with Crippen LogP contribution in [0.25, 0.3) is 0 Å². The highest BCUT2D eigenvalue weighted by molar-refractivity contribution is 7.09. The molecule has 1 N–H and O–H groups in total. The van der Waals surface area contributed by atoms with Gasteiger partial charge in [-0.15, -0.1) is 11.3 Å². The number of likely N-dealkylation sites (tertiary alicyclic amines) is 1. The lowest BCUT2D eigenvalue weighted by Crippen LogP contribution is -2.29. The SMILES string of the molecule is CC(CC(=O)O)c1csc(C2CCN(C)CC2)n1. The molecule has 1 aliphatic rings. The maximum atomic E-state index is 10.7. The highest BCUT2D eigenvalue weighted by Gasteiger charge is 2.22. The van der Waals surface area contributed by atoms with Crippen molar-refractivity contribution in [1.29, 1.82) is 0 Å². The molecule has 4 nitrogen and oxygen atoms in total. The molecule has 0 aromatic carbocycles. The first-order chi connectivity index (χ1) is 8.56. The third kappa shape index (κ3) is 3.29. The Labute approximate surface area is 112 Å². The maximum Gasteiger partial charge on any atom is 0.304 e. The smallest absolute Gasteiger partial charge is 0.304 e. The number of piperidine rings is 1. The van der Waals surface area contributed by atoms with E-state index >= 15 is 0 Å². The summed E-state index contributed by atoms with van der Waals surface area (Å²) in [5.41, 5.74) is 0.941. The van der Waals surface area contributed by atoms with Crippen molar-refractivity contribution in [2.75, 3.05) is 20.1 Å². The molecule has 0 spiro atoms. The Bertz CT molecular complexity index is 411. The second kappa shape index (κ2) is 5.80. The number of nitrogens with zero attached hydrogens (tertiary/aromatic N) is 2. The zero-order valence-corrected chi connectivity index (χ0v) is 11.7. The van der Waals surface area contributed by atoms with Crippen molar-refractivity contribution in [2.45, 2.75) is 38.0 Å². The third-order valence-corrected chi connectivity index (χ3v) is 4.62. The first-order valence-corrected chi connectivity index (χ1v) is 7.30. The van der Waals surface area contributed by atoms with Gasteiger partial charge in [-0.05, 0) is 33.0 Å². The van der Waals surface area contributed by atoms with Gasteiger partial charge >= 0.3 is 5.97 Å². The van der Waals surface area contributed by atoms with Crippen LogP contribution in [0.2, 0.25) is 0 Å². The molecule has 0 saturated carbocycles. The van der Waals surface area contributed by atoms with E-state index in [1.807, 2.05) is 12.3 Å². The largest absolute Gasteiger partial charge is 0.481 e. The molecule has 2 rings (SSSR count). The summed E-state index contributed by atoms with van der Waals surface area (Å²) >= 11 is 1.69. The molecule has 1 atom stereocenters. The zero-order valence-electron chi connectivity index (χ0n) is 10.9. The van der Waals surface area contributed by atoms with Crippen molar-refractivity contribution in [3.63, 3.8) is 0 Å². The second-order valence-electron chi connectivity index (χ2n) is 5.19. The molecule has 1 saturated heterocycles. The van der Waals surface area contributed by atoms with Crippen LogP contribution in [0.4, 0.5) is 0 Å². The fourth-order valence-corrected chi connectivity index (χ4v) is 3.45. The molecule has 0 aliphatic carbocycles. The van der Waals surface area contributed by atoms with E-state index in [-0.39, 0.29) is 12.3 Å². The molecule has 1 aromatic rings. The number of thiazole rings is 1. The van der Waals surface area contributed by atoms with Gasteiger partial charge in [0.2, 0.25) is 0 Å². The number of aromatic nitrogens is 1.